The Morgan fingerprint density at radius 3 is 2.89 bits per heavy atom. The molecular formula is C15H18ClN3. The number of nitrogens with one attached hydrogen (secondary N) is 1. The molecule has 0 bridgehead atoms. The Morgan fingerprint density at radius 1 is 1.42 bits per heavy atom. The molecule has 1 atom stereocenters. The van der Waals surface area contributed by atoms with E-state index in [4.69, 9.17) is 11.6 Å². The highest BCUT2D eigenvalue weighted by Gasteiger charge is 2.26. The van der Waals surface area contributed by atoms with Crippen molar-refractivity contribution in [1.82, 2.24) is 9.55 Å². The predicted molar refractivity (Wildman–Crippen MR) is 78.7 cm³/mol. The van der Waals surface area contributed by atoms with Gasteiger partial charge in [-0.2, -0.15) is 0 Å². The summed E-state index contributed by atoms with van der Waals surface area (Å²) in [5, 5.41) is 4.26. The van der Waals surface area contributed by atoms with Crippen molar-refractivity contribution in [3.05, 3.63) is 46.7 Å². The van der Waals surface area contributed by atoms with Gasteiger partial charge in [-0.15, -0.1) is 0 Å². The minimum atomic E-state index is 0.193. The van der Waals surface area contributed by atoms with Crippen LogP contribution in [0.5, 0.6) is 0 Å². The molecule has 1 aliphatic rings. The molecule has 1 aromatic carbocycles. The number of nitrogens with zero attached hydrogens (tertiary/aromatic N) is 2. The zero-order chi connectivity index (χ0) is 13.4. The molecule has 1 fully saturated rings. The monoisotopic (exact) mass is 275 g/mol. The minimum Gasteiger partial charge on any atom is -0.349 e. The molecular weight excluding hydrogens is 258 g/mol. The van der Waals surface area contributed by atoms with E-state index in [0.717, 1.165) is 16.7 Å². The fourth-order valence-electron chi connectivity index (χ4n) is 2.31. The Balaban J connectivity index is 1.81. The Morgan fingerprint density at radius 2 is 2.21 bits per heavy atom. The van der Waals surface area contributed by atoms with Gasteiger partial charge >= 0.3 is 0 Å². The number of hydrogen-bond donors (Lipinski definition) is 1. The van der Waals surface area contributed by atoms with E-state index in [2.05, 4.69) is 34.1 Å². The van der Waals surface area contributed by atoms with Crippen molar-refractivity contribution in [1.29, 1.82) is 0 Å². The number of aryl methyl sites for hydroxylation is 1. The van der Waals surface area contributed by atoms with Crippen LogP contribution in [0.1, 0.15) is 43.1 Å². The highest BCUT2D eigenvalue weighted by Crippen LogP contribution is 2.38. The molecule has 100 valence electrons. The standard InChI is InChI=1S/C15H18ClN3/c1-10-9-19(14-6-7-14)15(17-10)18-11(2)12-4-3-5-13(16)8-12/h3-5,8-9,11,14H,6-7H2,1-2H3,(H,17,18). The van der Waals surface area contributed by atoms with Crippen molar-refractivity contribution in [2.24, 2.45) is 0 Å². The fourth-order valence-corrected chi connectivity index (χ4v) is 2.51. The average molecular weight is 276 g/mol. The first kappa shape index (κ1) is 12.5. The smallest absolute Gasteiger partial charge is 0.203 e. The number of aromatic nitrogens is 2. The van der Waals surface area contributed by atoms with Crippen molar-refractivity contribution in [2.75, 3.05) is 5.32 Å². The lowest BCUT2D eigenvalue weighted by atomic mass is 10.1. The molecule has 0 amide bonds. The van der Waals surface area contributed by atoms with Gasteiger partial charge in [0.15, 0.2) is 0 Å². The summed E-state index contributed by atoms with van der Waals surface area (Å²) in [5.74, 6) is 0.965. The number of rotatable bonds is 4. The molecule has 1 unspecified atom stereocenters. The maximum absolute atomic E-state index is 6.04. The average Bonchev–Trinajstić information content (AvgIpc) is 3.14. The molecule has 0 saturated heterocycles. The second-order valence-corrected chi connectivity index (χ2v) is 5.70. The Bertz CT molecular complexity index is 587. The molecule has 0 spiro atoms. The van der Waals surface area contributed by atoms with Gasteiger partial charge in [0.1, 0.15) is 0 Å². The van der Waals surface area contributed by atoms with E-state index in [1.807, 2.05) is 25.1 Å². The van der Waals surface area contributed by atoms with E-state index in [9.17, 15) is 0 Å². The zero-order valence-corrected chi connectivity index (χ0v) is 12.0. The summed E-state index contributed by atoms with van der Waals surface area (Å²) < 4.78 is 2.26. The van der Waals surface area contributed by atoms with E-state index in [-0.39, 0.29) is 6.04 Å². The molecule has 3 nitrogen and oxygen atoms in total. The molecule has 3 rings (SSSR count). The quantitative estimate of drug-likeness (QED) is 0.899. The van der Waals surface area contributed by atoms with Gasteiger partial charge in [-0.3, -0.25) is 0 Å². The number of imidazole rings is 1. The maximum atomic E-state index is 6.04. The number of anilines is 1. The molecule has 0 aliphatic heterocycles. The molecule has 0 radical (unpaired) electrons. The number of halogens is 1. The van der Waals surface area contributed by atoms with Crippen LogP contribution >= 0.6 is 11.6 Å². The SMILES string of the molecule is Cc1cn(C2CC2)c(NC(C)c2cccc(Cl)c2)n1. The van der Waals surface area contributed by atoms with Gasteiger partial charge in [0.2, 0.25) is 5.95 Å². The van der Waals surface area contributed by atoms with E-state index >= 15 is 0 Å². The summed E-state index contributed by atoms with van der Waals surface area (Å²) in [6, 6.07) is 8.78. The van der Waals surface area contributed by atoms with Crippen molar-refractivity contribution >= 4 is 17.5 Å². The lowest BCUT2D eigenvalue weighted by molar-refractivity contribution is 0.727. The predicted octanol–water partition coefficient (Wildman–Crippen LogP) is 4.35. The second-order valence-electron chi connectivity index (χ2n) is 5.27. The fraction of sp³-hybridized carbons (Fsp3) is 0.400. The highest BCUT2D eigenvalue weighted by molar-refractivity contribution is 6.30. The summed E-state index contributed by atoms with van der Waals surface area (Å²) in [5.41, 5.74) is 2.24. The normalized spacial score (nSPS) is 16.4. The summed E-state index contributed by atoms with van der Waals surface area (Å²) in [6.07, 6.45) is 4.65. The van der Waals surface area contributed by atoms with Gasteiger partial charge in [0.05, 0.1) is 11.7 Å². The summed E-state index contributed by atoms with van der Waals surface area (Å²) >= 11 is 6.04. The number of benzene rings is 1. The van der Waals surface area contributed by atoms with Gasteiger partial charge in [-0.25, -0.2) is 4.98 Å². The van der Waals surface area contributed by atoms with E-state index in [0.29, 0.717) is 6.04 Å². The van der Waals surface area contributed by atoms with Crippen LogP contribution in [0, 0.1) is 6.92 Å². The van der Waals surface area contributed by atoms with Crippen molar-refractivity contribution in [2.45, 2.75) is 38.8 Å². The topological polar surface area (TPSA) is 29.9 Å². The van der Waals surface area contributed by atoms with Crippen LogP contribution in [-0.2, 0) is 0 Å². The van der Waals surface area contributed by atoms with Gasteiger partial charge in [0, 0.05) is 17.3 Å². The highest BCUT2D eigenvalue weighted by atomic mass is 35.5. The molecule has 2 aromatic rings. The largest absolute Gasteiger partial charge is 0.349 e. The third kappa shape index (κ3) is 2.76. The first-order chi connectivity index (χ1) is 9.13. The summed E-state index contributed by atoms with van der Waals surface area (Å²) in [4.78, 5) is 4.58. The van der Waals surface area contributed by atoms with Crippen LogP contribution in [0.2, 0.25) is 5.02 Å². The summed E-state index contributed by atoms with van der Waals surface area (Å²) in [6.45, 7) is 4.17. The molecule has 1 N–H and O–H groups in total. The van der Waals surface area contributed by atoms with Gasteiger partial charge in [0.25, 0.3) is 0 Å². The van der Waals surface area contributed by atoms with E-state index in [1.54, 1.807) is 0 Å². The first-order valence-corrected chi connectivity index (χ1v) is 7.09. The lowest BCUT2D eigenvalue weighted by Gasteiger charge is -2.16. The van der Waals surface area contributed by atoms with E-state index < -0.39 is 0 Å². The van der Waals surface area contributed by atoms with Gasteiger partial charge < -0.3 is 9.88 Å². The van der Waals surface area contributed by atoms with Crippen LogP contribution < -0.4 is 5.32 Å². The Kier molecular flexibility index (Phi) is 3.23. The van der Waals surface area contributed by atoms with Crippen LogP contribution in [0.4, 0.5) is 5.95 Å². The third-order valence-corrected chi connectivity index (χ3v) is 3.72. The van der Waals surface area contributed by atoms with Crippen LogP contribution in [0.15, 0.2) is 30.5 Å². The first-order valence-electron chi connectivity index (χ1n) is 6.71. The van der Waals surface area contributed by atoms with Gasteiger partial charge in [-0.05, 0) is 44.4 Å². The molecule has 1 saturated carbocycles. The van der Waals surface area contributed by atoms with Gasteiger partial charge in [-0.1, -0.05) is 23.7 Å². The number of hydrogen-bond acceptors (Lipinski definition) is 2. The molecule has 19 heavy (non-hydrogen) atoms. The van der Waals surface area contributed by atoms with E-state index in [1.165, 1.54) is 18.4 Å². The molecule has 4 heteroatoms. The van der Waals surface area contributed by atoms with Crippen LogP contribution in [0.25, 0.3) is 0 Å². The summed E-state index contributed by atoms with van der Waals surface area (Å²) in [7, 11) is 0. The third-order valence-electron chi connectivity index (χ3n) is 3.49. The van der Waals surface area contributed by atoms with Crippen molar-refractivity contribution < 1.29 is 0 Å². The second kappa shape index (κ2) is 4.89. The molecule has 1 aromatic heterocycles. The van der Waals surface area contributed by atoms with Crippen molar-refractivity contribution in [3.63, 3.8) is 0 Å². The zero-order valence-electron chi connectivity index (χ0n) is 11.2. The molecule has 1 heterocycles. The lowest BCUT2D eigenvalue weighted by Crippen LogP contribution is -2.11. The molecule has 1 aliphatic carbocycles. The van der Waals surface area contributed by atoms with Crippen LogP contribution in [-0.4, -0.2) is 9.55 Å². The maximum Gasteiger partial charge on any atom is 0.203 e. The van der Waals surface area contributed by atoms with Crippen molar-refractivity contribution in [3.8, 4) is 0 Å². The van der Waals surface area contributed by atoms with Crippen LogP contribution in [0.3, 0.4) is 0 Å². The minimum absolute atomic E-state index is 0.193. The Labute approximate surface area is 118 Å². The Hall–Kier alpha value is -1.48.